The van der Waals surface area contributed by atoms with Gasteiger partial charge in [-0.2, -0.15) is 0 Å². The minimum absolute atomic E-state index is 0.201. The molecule has 2 aliphatic rings. The number of rotatable bonds is 4. The van der Waals surface area contributed by atoms with Gasteiger partial charge in [0, 0.05) is 31.3 Å². The fourth-order valence-corrected chi connectivity index (χ4v) is 4.09. The summed E-state index contributed by atoms with van der Waals surface area (Å²) < 4.78 is 2.21. The summed E-state index contributed by atoms with van der Waals surface area (Å²) in [7, 11) is 0. The molecule has 1 amide bonds. The summed E-state index contributed by atoms with van der Waals surface area (Å²) in [5.41, 5.74) is 1.24. The van der Waals surface area contributed by atoms with Gasteiger partial charge in [0.05, 0.1) is 0 Å². The summed E-state index contributed by atoms with van der Waals surface area (Å²) in [6.07, 6.45) is 8.40. The zero-order chi connectivity index (χ0) is 17.1. The largest absolute Gasteiger partial charge is 0.351 e. The molecule has 132 valence electrons. The van der Waals surface area contributed by atoms with Crippen molar-refractivity contribution in [2.45, 2.75) is 64.0 Å². The molecule has 4 rings (SSSR count). The van der Waals surface area contributed by atoms with Gasteiger partial charge in [-0.15, -0.1) is 10.2 Å². The van der Waals surface area contributed by atoms with Gasteiger partial charge >= 0.3 is 0 Å². The van der Waals surface area contributed by atoms with Gasteiger partial charge in [0.15, 0.2) is 0 Å². The minimum Gasteiger partial charge on any atom is -0.351 e. The van der Waals surface area contributed by atoms with Gasteiger partial charge < -0.3 is 9.88 Å². The number of hydrogen-bond donors (Lipinski definition) is 1. The van der Waals surface area contributed by atoms with E-state index in [4.69, 9.17) is 0 Å². The Balaban J connectivity index is 1.41. The quantitative estimate of drug-likeness (QED) is 0.932. The second-order valence-corrected chi connectivity index (χ2v) is 7.38. The molecule has 0 radical (unpaired) electrons. The van der Waals surface area contributed by atoms with Crippen LogP contribution in [-0.2, 0) is 24.2 Å². The van der Waals surface area contributed by atoms with Crippen LogP contribution in [0.2, 0.25) is 0 Å². The van der Waals surface area contributed by atoms with Crippen molar-refractivity contribution < 1.29 is 4.79 Å². The smallest absolute Gasteiger partial charge is 0.223 e. The maximum Gasteiger partial charge on any atom is 0.223 e. The molecule has 25 heavy (non-hydrogen) atoms. The normalized spacial score (nSPS) is 20.9. The zero-order valence-electron chi connectivity index (χ0n) is 14.7. The van der Waals surface area contributed by atoms with Crippen molar-refractivity contribution in [2.24, 2.45) is 5.92 Å². The average Bonchev–Trinajstić information content (AvgIpc) is 3.05. The van der Waals surface area contributed by atoms with Gasteiger partial charge in [-0.25, -0.2) is 0 Å². The molecule has 5 heteroatoms. The second kappa shape index (κ2) is 7.38. The van der Waals surface area contributed by atoms with E-state index in [1.165, 1.54) is 24.8 Å². The average molecular weight is 338 g/mol. The molecule has 0 bridgehead atoms. The Labute approximate surface area is 148 Å². The Kier molecular flexibility index (Phi) is 4.81. The molecule has 1 fully saturated rings. The number of aryl methyl sites for hydroxylation is 1. The SMILES string of the molecule is O=C(N[C@@H]1CCc2nnc(Cc3ccccc3)n2C1)C1CCCCC1. The van der Waals surface area contributed by atoms with Crippen LogP contribution >= 0.6 is 0 Å². The van der Waals surface area contributed by atoms with Crippen LogP contribution in [-0.4, -0.2) is 26.7 Å². The van der Waals surface area contributed by atoms with Gasteiger partial charge in [0.25, 0.3) is 0 Å². The Bertz CT molecular complexity index is 719. The highest BCUT2D eigenvalue weighted by atomic mass is 16.1. The first-order chi connectivity index (χ1) is 12.3. The fourth-order valence-electron chi connectivity index (χ4n) is 4.09. The summed E-state index contributed by atoms with van der Waals surface area (Å²) in [4.78, 5) is 12.5. The van der Waals surface area contributed by atoms with Crippen molar-refractivity contribution >= 4 is 5.91 Å². The molecule has 2 aromatic rings. The van der Waals surface area contributed by atoms with Gasteiger partial charge in [0.1, 0.15) is 11.6 Å². The monoisotopic (exact) mass is 338 g/mol. The summed E-state index contributed by atoms with van der Waals surface area (Å²) in [5, 5.41) is 12.0. The summed E-state index contributed by atoms with van der Waals surface area (Å²) in [5.74, 6) is 2.53. The fraction of sp³-hybridized carbons (Fsp3) is 0.550. The Morgan fingerprint density at radius 2 is 1.88 bits per heavy atom. The van der Waals surface area contributed by atoms with Crippen molar-refractivity contribution in [3.63, 3.8) is 0 Å². The molecule has 0 spiro atoms. The van der Waals surface area contributed by atoms with E-state index >= 15 is 0 Å². The van der Waals surface area contributed by atoms with E-state index in [1.807, 2.05) is 6.07 Å². The maximum absolute atomic E-state index is 12.5. The Hall–Kier alpha value is -2.17. The lowest BCUT2D eigenvalue weighted by atomic mass is 9.88. The molecule has 0 unspecified atom stereocenters. The van der Waals surface area contributed by atoms with E-state index in [0.717, 1.165) is 50.3 Å². The predicted octanol–water partition coefficient (Wildman–Crippen LogP) is 2.88. The number of benzene rings is 1. The molecule has 0 saturated heterocycles. The number of hydrogen-bond acceptors (Lipinski definition) is 3. The van der Waals surface area contributed by atoms with Crippen LogP contribution in [0, 0.1) is 5.92 Å². The van der Waals surface area contributed by atoms with Crippen LogP contribution in [0.4, 0.5) is 0 Å². The third-order valence-corrected chi connectivity index (χ3v) is 5.55. The first kappa shape index (κ1) is 16.3. The van der Waals surface area contributed by atoms with E-state index in [1.54, 1.807) is 0 Å². The maximum atomic E-state index is 12.5. The number of aromatic nitrogens is 3. The van der Waals surface area contributed by atoms with E-state index in [-0.39, 0.29) is 17.9 Å². The second-order valence-electron chi connectivity index (χ2n) is 7.38. The molecule has 1 atom stereocenters. The summed E-state index contributed by atoms with van der Waals surface area (Å²) in [6.45, 7) is 0.795. The topological polar surface area (TPSA) is 59.8 Å². The highest BCUT2D eigenvalue weighted by Gasteiger charge is 2.27. The molecule has 1 N–H and O–H groups in total. The molecule has 1 aromatic carbocycles. The van der Waals surface area contributed by atoms with Crippen molar-refractivity contribution in [2.75, 3.05) is 0 Å². The van der Waals surface area contributed by atoms with Crippen LogP contribution in [0.1, 0.15) is 55.7 Å². The molecule has 1 saturated carbocycles. The van der Waals surface area contributed by atoms with Crippen LogP contribution in [0.15, 0.2) is 30.3 Å². The molecule has 1 aliphatic heterocycles. The lowest BCUT2D eigenvalue weighted by molar-refractivity contribution is -0.126. The standard InChI is InChI=1S/C20H26N4O/c25-20(16-9-5-2-6-10-16)21-17-11-12-18-22-23-19(24(18)14-17)13-15-7-3-1-4-8-15/h1,3-4,7-8,16-17H,2,5-6,9-14H2,(H,21,25)/t17-/m1/s1. The van der Waals surface area contributed by atoms with Gasteiger partial charge in [0.2, 0.25) is 5.91 Å². The van der Waals surface area contributed by atoms with Crippen molar-refractivity contribution in [1.82, 2.24) is 20.1 Å². The highest BCUT2D eigenvalue weighted by molar-refractivity contribution is 5.79. The number of carbonyl (C=O) groups is 1. The third-order valence-electron chi connectivity index (χ3n) is 5.55. The van der Waals surface area contributed by atoms with Crippen molar-refractivity contribution in [3.05, 3.63) is 47.5 Å². The molecule has 1 aliphatic carbocycles. The third kappa shape index (κ3) is 3.75. The van der Waals surface area contributed by atoms with E-state index in [2.05, 4.69) is 44.3 Å². The molecule has 1 aromatic heterocycles. The zero-order valence-corrected chi connectivity index (χ0v) is 14.7. The van der Waals surface area contributed by atoms with Gasteiger partial charge in [-0.1, -0.05) is 49.6 Å². The molecular formula is C20H26N4O. The van der Waals surface area contributed by atoms with Gasteiger partial charge in [-0.05, 0) is 24.8 Å². The molecule has 5 nitrogen and oxygen atoms in total. The first-order valence-electron chi connectivity index (χ1n) is 9.55. The first-order valence-corrected chi connectivity index (χ1v) is 9.55. The number of nitrogens with zero attached hydrogens (tertiary/aromatic N) is 3. The van der Waals surface area contributed by atoms with Crippen LogP contribution in [0.3, 0.4) is 0 Å². The summed E-state index contributed by atoms with van der Waals surface area (Å²) in [6, 6.07) is 10.6. The summed E-state index contributed by atoms with van der Waals surface area (Å²) >= 11 is 0. The van der Waals surface area contributed by atoms with Gasteiger partial charge in [-0.3, -0.25) is 4.79 Å². The number of amides is 1. The van der Waals surface area contributed by atoms with E-state index < -0.39 is 0 Å². The lowest BCUT2D eigenvalue weighted by Crippen LogP contribution is -2.44. The lowest BCUT2D eigenvalue weighted by Gasteiger charge is -2.28. The van der Waals surface area contributed by atoms with E-state index in [0.29, 0.717) is 0 Å². The Morgan fingerprint density at radius 1 is 1.08 bits per heavy atom. The minimum atomic E-state index is 0.201. The van der Waals surface area contributed by atoms with Crippen LogP contribution in [0.5, 0.6) is 0 Å². The van der Waals surface area contributed by atoms with Crippen molar-refractivity contribution in [3.8, 4) is 0 Å². The van der Waals surface area contributed by atoms with Crippen LogP contribution < -0.4 is 5.32 Å². The van der Waals surface area contributed by atoms with E-state index in [9.17, 15) is 4.79 Å². The predicted molar refractivity (Wildman–Crippen MR) is 96.1 cm³/mol. The van der Waals surface area contributed by atoms with Crippen molar-refractivity contribution in [1.29, 1.82) is 0 Å². The van der Waals surface area contributed by atoms with Crippen LogP contribution in [0.25, 0.3) is 0 Å². The number of nitrogens with one attached hydrogen (secondary N) is 1. The molecule has 2 heterocycles. The molecular weight excluding hydrogens is 312 g/mol. The number of carbonyl (C=O) groups excluding carboxylic acids is 1. The Morgan fingerprint density at radius 3 is 2.68 bits per heavy atom. The highest BCUT2D eigenvalue weighted by Crippen LogP contribution is 2.24. The number of fused-ring (bicyclic) bond motifs is 1.